The van der Waals surface area contributed by atoms with Crippen LogP contribution in [-0.2, 0) is 0 Å². The molecule has 1 fully saturated rings. The molecule has 1 aromatic carbocycles. The van der Waals surface area contributed by atoms with Crippen LogP contribution in [0.2, 0.25) is 0 Å². The molecule has 0 aliphatic heterocycles. The van der Waals surface area contributed by atoms with E-state index in [2.05, 4.69) is 24.3 Å². The summed E-state index contributed by atoms with van der Waals surface area (Å²) in [5.74, 6) is 0.495. The molecule has 0 unspecified atom stereocenters. The lowest BCUT2D eigenvalue weighted by molar-refractivity contribution is -0.384. The molecule has 0 saturated heterocycles. The average Bonchev–Trinajstić information content (AvgIpc) is 2.36. The van der Waals surface area contributed by atoms with Crippen LogP contribution in [0.25, 0.3) is 0 Å². The van der Waals surface area contributed by atoms with E-state index in [1.807, 2.05) is 0 Å². The molecule has 0 amide bonds. The molecular formula is C14H21N3O3. The van der Waals surface area contributed by atoms with Gasteiger partial charge in [-0.1, -0.05) is 0 Å². The molecule has 0 spiro atoms. The Labute approximate surface area is 118 Å². The van der Waals surface area contributed by atoms with E-state index in [0.29, 0.717) is 5.75 Å². The molecule has 20 heavy (non-hydrogen) atoms. The van der Waals surface area contributed by atoms with Crippen LogP contribution in [0.4, 0.5) is 11.4 Å². The van der Waals surface area contributed by atoms with Crippen molar-refractivity contribution in [3.63, 3.8) is 0 Å². The number of likely N-dealkylation sites (N-methyl/N-ethyl adjacent to an activating group) is 1. The number of nitrogens with one attached hydrogen (secondary N) is 1. The number of hydrogen-bond donors (Lipinski definition) is 1. The van der Waals surface area contributed by atoms with E-state index < -0.39 is 4.92 Å². The zero-order valence-electron chi connectivity index (χ0n) is 12.2. The predicted molar refractivity (Wildman–Crippen MR) is 78.4 cm³/mol. The minimum Gasteiger partial charge on any atom is -0.496 e. The maximum atomic E-state index is 10.9. The van der Waals surface area contributed by atoms with Crippen molar-refractivity contribution in [3.8, 4) is 5.75 Å². The molecule has 2 rings (SSSR count). The Morgan fingerprint density at radius 3 is 2.55 bits per heavy atom. The Hall–Kier alpha value is -1.82. The fourth-order valence-electron chi connectivity index (χ4n) is 2.54. The molecule has 1 N–H and O–H groups in total. The van der Waals surface area contributed by atoms with Crippen LogP contribution in [0.3, 0.4) is 0 Å². The second-order valence-corrected chi connectivity index (χ2v) is 5.50. The number of non-ortho nitro benzene ring substituents is 1. The first-order chi connectivity index (χ1) is 9.47. The first-order valence-electron chi connectivity index (χ1n) is 6.72. The van der Waals surface area contributed by atoms with E-state index in [1.54, 1.807) is 12.1 Å². The number of methoxy groups -OCH3 is 1. The van der Waals surface area contributed by atoms with E-state index in [9.17, 15) is 10.1 Å². The van der Waals surface area contributed by atoms with Crippen LogP contribution in [0, 0.1) is 10.1 Å². The van der Waals surface area contributed by atoms with Crippen molar-refractivity contribution in [1.82, 2.24) is 4.90 Å². The topological polar surface area (TPSA) is 67.6 Å². The number of hydrogen-bond acceptors (Lipinski definition) is 5. The van der Waals surface area contributed by atoms with Gasteiger partial charge < -0.3 is 15.0 Å². The molecule has 1 saturated carbocycles. The highest BCUT2D eigenvalue weighted by molar-refractivity contribution is 5.56. The fourth-order valence-corrected chi connectivity index (χ4v) is 2.54. The highest BCUT2D eigenvalue weighted by atomic mass is 16.6. The molecule has 1 aliphatic rings. The summed E-state index contributed by atoms with van der Waals surface area (Å²) < 4.78 is 5.11. The molecule has 6 nitrogen and oxygen atoms in total. The van der Waals surface area contributed by atoms with E-state index in [1.165, 1.54) is 19.6 Å². The summed E-state index contributed by atoms with van der Waals surface area (Å²) in [6, 6.07) is 4.76. The molecule has 0 bridgehead atoms. The van der Waals surface area contributed by atoms with Gasteiger partial charge in [-0.3, -0.25) is 10.1 Å². The molecule has 110 valence electrons. The molecular weight excluding hydrogens is 258 g/mol. The molecule has 6 heteroatoms. The van der Waals surface area contributed by atoms with Gasteiger partial charge in [-0.25, -0.2) is 0 Å². The monoisotopic (exact) mass is 279 g/mol. The standard InChI is InChI=1S/C14H21N3O3/c1-16(2)14(5-4-6-14)10-15-11-7-12(17(18)19)9-13(8-11)20-3/h7-9,15H,4-6,10H2,1-3H3. The number of rotatable bonds is 6. The first-order valence-corrected chi connectivity index (χ1v) is 6.72. The molecule has 0 heterocycles. The number of ether oxygens (including phenoxy) is 1. The number of anilines is 1. The van der Waals surface area contributed by atoms with Gasteiger partial charge in [-0.15, -0.1) is 0 Å². The maximum Gasteiger partial charge on any atom is 0.275 e. The molecule has 1 aromatic rings. The van der Waals surface area contributed by atoms with E-state index in [4.69, 9.17) is 4.74 Å². The van der Waals surface area contributed by atoms with Gasteiger partial charge in [0, 0.05) is 29.9 Å². The van der Waals surface area contributed by atoms with Gasteiger partial charge in [0.1, 0.15) is 5.75 Å². The quantitative estimate of drug-likeness (QED) is 0.640. The van der Waals surface area contributed by atoms with Crippen molar-refractivity contribution in [2.24, 2.45) is 0 Å². The van der Waals surface area contributed by atoms with Crippen LogP contribution in [0.15, 0.2) is 18.2 Å². The zero-order chi connectivity index (χ0) is 14.8. The smallest absolute Gasteiger partial charge is 0.275 e. The predicted octanol–water partition coefficient (Wildman–Crippen LogP) is 2.50. The van der Waals surface area contributed by atoms with Gasteiger partial charge in [0.2, 0.25) is 0 Å². The summed E-state index contributed by atoms with van der Waals surface area (Å²) in [6.45, 7) is 0.782. The Morgan fingerprint density at radius 2 is 2.10 bits per heavy atom. The van der Waals surface area contributed by atoms with Crippen LogP contribution in [-0.4, -0.2) is 43.1 Å². The maximum absolute atomic E-state index is 10.9. The van der Waals surface area contributed by atoms with Crippen LogP contribution < -0.4 is 10.1 Å². The third kappa shape index (κ3) is 2.85. The Kier molecular flexibility index (Phi) is 4.13. The lowest BCUT2D eigenvalue weighted by Gasteiger charge is -2.47. The van der Waals surface area contributed by atoms with Crippen molar-refractivity contribution in [1.29, 1.82) is 0 Å². The van der Waals surface area contributed by atoms with Gasteiger partial charge >= 0.3 is 0 Å². The largest absolute Gasteiger partial charge is 0.496 e. The van der Waals surface area contributed by atoms with Crippen molar-refractivity contribution in [2.45, 2.75) is 24.8 Å². The van der Waals surface area contributed by atoms with E-state index in [-0.39, 0.29) is 11.2 Å². The average molecular weight is 279 g/mol. The van der Waals surface area contributed by atoms with Crippen LogP contribution in [0.5, 0.6) is 5.75 Å². The third-order valence-corrected chi connectivity index (χ3v) is 4.19. The van der Waals surface area contributed by atoms with Gasteiger partial charge in [0.05, 0.1) is 18.1 Å². The Morgan fingerprint density at radius 1 is 1.40 bits per heavy atom. The van der Waals surface area contributed by atoms with Crippen molar-refractivity contribution < 1.29 is 9.66 Å². The summed E-state index contributed by atoms with van der Waals surface area (Å²) in [7, 11) is 5.67. The minimum atomic E-state index is -0.404. The second kappa shape index (κ2) is 5.66. The molecule has 0 radical (unpaired) electrons. The normalized spacial score (nSPS) is 16.6. The van der Waals surface area contributed by atoms with Gasteiger partial charge in [-0.05, 0) is 33.4 Å². The lowest BCUT2D eigenvalue weighted by atomic mass is 9.75. The number of nitro groups is 1. The minimum absolute atomic E-state index is 0.0411. The summed E-state index contributed by atoms with van der Waals surface area (Å²) in [6.07, 6.45) is 3.54. The van der Waals surface area contributed by atoms with Gasteiger partial charge in [0.25, 0.3) is 5.69 Å². The van der Waals surface area contributed by atoms with Crippen molar-refractivity contribution in [3.05, 3.63) is 28.3 Å². The van der Waals surface area contributed by atoms with Crippen molar-refractivity contribution in [2.75, 3.05) is 33.1 Å². The summed E-state index contributed by atoms with van der Waals surface area (Å²) in [4.78, 5) is 12.7. The Balaban J connectivity index is 2.12. The van der Waals surface area contributed by atoms with E-state index in [0.717, 1.165) is 25.1 Å². The number of nitro benzene ring substituents is 1. The van der Waals surface area contributed by atoms with Gasteiger partial charge in [0.15, 0.2) is 0 Å². The summed E-state index contributed by atoms with van der Waals surface area (Å²) in [5, 5.41) is 14.2. The first kappa shape index (κ1) is 14.6. The molecule has 0 atom stereocenters. The highest BCUT2D eigenvalue weighted by Crippen LogP contribution is 2.36. The fraction of sp³-hybridized carbons (Fsp3) is 0.571. The highest BCUT2D eigenvalue weighted by Gasteiger charge is 2.38. The van der Waals surface area contributed by atoms with Crippen LogP contribution >= 0.6 is 0 Å². The van der Waals surface area contributed by atoms with Crippen molar-refractivity contribution >= 4 is 11.4 Å². The summed E-state index contributed by atoms with van der Waals surface area (Å²) in [5.41, 5.74) is 0.932. The SMILES string of the molecule is COc1cc(NCC2(N(C)C)CCC2)cc([N+](=O)[O-])c1. The molecule has 0 aromatic heterocycles. The third-order valence-electron chi connectivity index (χ3n) is 4.19. The second-order valence-electron chi connectivity index (χ2n) is 5.50. The number of benzene rings is 1. The van der Waals surface area contributed by atoms with Gasteiger partial charge in [-0.2, -0.15) is 0 Å². The van der Waals surface area contributed by atoms with Crippen LogP contribution in [0.1, 0.15) is 19.3 Å². The zero-order valence-corrected chi connectivity index (χ0v) is 12.2. The summed E-state index contributed by atoms with van der Waals surface area (Å²) >= 11 is 0. The number of nitrogens with zero attached hydrogens (tertiary/aromatic N) is 2. The Bertz CT molecular complexity index is 498. The van der Waals surface area contributed by atoms with E-state index >= 15 is 0 Å². The molecule has 1 aliphatic carbocycles. The lowest BCUT2D eigenvalue weighted by Crippen LogP contribution is -2.54.